The van der Waals surface area contributed by atoms with Gasteiger partial charge >= 0.3 is 5.97 Å². The summed E-state index contributed by atoms with van der Waals surface area (Å²) in [5.41, 5.74) is 8.81. The topological polar surface area (TPSA) is 35.5 Å². The van der Waals surface area contributed by atoms with Crippen molar-refractivity contribution in [3.05, 3.63) is 69.8 Å². The fraction of sp³-hybridized carbons (Fsp3) is 0.500. The molecule has 0 radical (unpaired) electrons. The molecule has 0 heterocycles. The Morgan fingerprint density at radius 2 is 1.48 bits per heavy atom. The maximum atomic E-state index is 12.0. The summed E-state index contributed by atoms with van der Waals surface area (Å²) in [5.74, 6) is 0.697. The average Bonchev–Trinajstić information content (AvgIpc) is 3.63. The Bertz CT molecular complexity index is 1060. The maximum absolute atomic E-state index is 12.0. The molecule has 4 rings (SSSR count). The molecule has 0 spiro atoms. The fourth-order valence-corrected chi connectivity index (χ4v) is 4.99. The number of ether oxygens (including phenoxy) is 2. The van der Waals surface area contributed by atoms with Crippen LogP contribution < -0.4 is 4.74 Å². The molecule has 1 saturated carbocycles. The van der Waals surface area contributed by atoms with Crippen molar-refractivity contribution in [2.24, 2.45) is 0 Å². The summed E-state index contributed by atoms with van der Waals surface area (Å²) in [5, 5.41) is 0. The second-order valence-electron chi connectivity index (χ2n) is 10.9. The van der Waals surface area contributed by atoms with Gasteiger partial charge in [0.05, 0.1) is 19.3 Å². The largest absolute Gasteiger partial charge is 0.493 e. The van der Waals surface area contributed by atoms with Crippen molar-refractivity contribution < 1.29 is 14.3 Å². The van der Waals surface area contributed by atoms with Gasteiger partial charge in [0, 0.05) is 5.56 Å². The van der Waals surface area contributed by atoms with Crippen LogP contribution in [0.1, 0.15) is 106 Å². The molecule has 0 bridgehead atoms. The molecule has 0 aromatic heterocycles. The Kier molecular flexibility index (Phi) is 6.44. The van der Waals surface area contributed by atoms with Gasteiger partial charge in [-0.2, -0.15) is 0 Å². The summed E-state index contributed by atoms with van der Waals surface area (Å²) < 4.78 is 11.3. The number of esters is 1. The Labute approximate surface area is 199 Å². The lowest BCUT2D eigenvalue weighted by atomic mass is 9.62. The summed E-state index contributed by atoms with van der Waals surface area (Å²) in [4.78, 5) is 12.0. The Hall–Kier alpha value is -2.55. The second kappa shape index (κ2) is 9.00. The van der Waals surface area contributed by atoms with Crippen molar-refractivity contribution in [1.29, 1.82) is 0 Å². The maximum Gasteiger partial charge on any atom is 0.337 e. The molecule has 176 valence electrons. The van der Waals surface area contributed by atoms with E-state index in [0.717, 1.165) is 43.6 Å². The summed E-state index contributed by atoms with van der Waals surface area (Å²) in [7, 11) is 1.42. The van der Waals surface area contributed by atoms with E-state index in [1.54, 1.807) is 0 Å². The lowest BCUT2D eigenvalue weighted by Crippen LogP contribution is -2.34. The third-order valence-corrected chi connectivity index (χ3v) is 7.43. The molecule has 3 nitrogen and oxygen atoms in total. The first-order valence-corrected chi connectivity index (χ1v) is 12.4. The highest BCUT2D eigenvalue weighted by Crippen LogP contribution is 2.51. The molecule has 2 aromatic carbocycles. The Morgan fingerprint density at radius 1 is 0.909 bits per heavy atom. The number of carbonyl (C=O) groups is 1. The van der Waals surface area contributed by atoms with Gasteiger partial charge in [-0.1, -0.05) is 58.7 Å². The second-order valence-corrected chi connectivity index (χ2v) is 10.9. The highest BCUT2D eigenvalue weighted by molar-refractivity contribution is 5.92. The highest BCUT2D eigenvalue weighted by atomic mass is 16.5. The van der Waals surface area contributed by atoms with Crippen molar-refractivity contribution in [1.82, 2.24) is 0 Å². The van der Waals surface area contributed by atoms with Crippen LogP contribution >= 0.6 is 0 Å². The molecule has 33 heavy (non-hydrogen) atoms. The first kappa shape index (κ1) is 23.6. The van der Waals surface area contributed by atoms with E-state index in [1.807, 2.05) is 12.1 Å². The summed E-state index contributed by atoms with van der Waals surface area (Å²) in [6, 6.07) is 12.6. The van der Waals surface area contributed by atoms with E-state index in [9.17, 15) is 4.79 Å². The van der Waals surface area contributed by atoms with Crippen molar-refractivity contribution in [3.63, 3.8) is 0 Å². The van der Waals surface area contributed by atoms with Gasteiger partial charge in [-0.25, -0.2) is 4.79 Å². The van der Waals surface area contributed by atoms with E-state index in [1.165, 1.54) is 47.8 Å². The molecular formula is C30H38O3. The molecular weight excluding hydrogens is 408 g/mol. The van der Waals surface area contributed by atoms with Gasteiger partial charge < -0.3 is 9.47 Å². The van der Waals surface area contributed by atoms with Crippen LogP contribution in [0.3, 0.4) is 0 Å². The summed E-state index contributed by atoms with van der Waals surface area (Å²) >= 11 is 0. The number of rotatable bonds is 7. The third kappa shape index (κ3) is 4.74. The molecule has 3 heteroatoms. The zero-order valence-corrected chi connectivity index (χ0v) is 21.1. The molecule has 2 aliphatic carbocycles. The van der Waals surface area contributed by atoms with Crippen LogP contribution in [0.2, 0.25) is 0 Å². The monoisotopic (exact) mass is 446 g/mol. The van der Waals surface area contributed by atoms with Crippen LogP contribution in [-0.4, -0.2) is 19.7 Å². The SMILES string of the molecule is CCCCOc1cc2c(cc1C(=C1CC1)c1ccc(C(=O)OC)cc1)C(C)(C)CCC2(C)C. The van der Waals surface area contributed by atoms with E-state index in [-0.39, 0.29) is 16.8 Å². The molecule has 2 aromatic rings. The van der Waals surface area contributed by atoms with Crippen molar-refractivity contribution in [3.8, 4) is 5.75 Å². The van der Waals surface area contributed by atoms with Gasteiger partial charge in [-0.05, 0) is 89.5 Å². The number of carbonyl (C=O) groups excluding carboxylic acids is 1. The molecule has 0 saturated heterocycles. The smallest absolute Gasteiger partial charge is 0.337 e. The van der Waals surface area contributed by atoms with Gasteiger partial charge in [0.2, 0.25) is 0 Å². The minimum atomic E-state index is -0.302. The predicted molar refractivity (Wildman–Crippen MR) is 135 cm³/mol. The molecule has 0 N–H and O–H groups in total. The normalized spacial score (nSPS) is 17.8. The lowest BCUT2D eigenvalue weighted by Gasteiger charge is -2.42. The van der Waals surface area contributed by atoms with Crippen molar-refractivity contribution in [2.75, 3.05) is 13.7 Å². The minimum absolute atomic E-state index is 0.135. The van der Waals surface area contributed by atoms with Crippen molar-refractivity contribution in [2.45, 2.75) is 84.0 Å². The van der Waals surface area contributed by atoms with Crippen LogP contribution in [0.15, 0.2) is 42.0 Å². The zero-order valence-electron chi connectivity index (χ0n) is 21.1. The van der Waals surface area contributed by atoms with Crippen LogP contribution in [0, 0.1) is 0 Å². The molecule has 0 amide bonds. The standard InChI is InChI=1S/C30H38O3/c1-7-8-17-33-26-19-25-24(29(2,3)15-16-30(25,4)5)18-23(26)27(20-9-10-20)21-11-13-22(14-12-21)28(31)32-6/h11-14,18-19H,7-10,15-17H2,1-6H3. The zero-order chi connectivity index (χ0) is 23.8. The number of allylic oxidation sites excluding steroid dienone is 1. The molecule has 0 atom stereocenters. The van der Waals surface area contributed by atoms with Gasteiger partial charge in [-0.3, -0.25) is 0 Å². The van der Waals surface area contributed by atoms with Gasteiger partial charge in [-0.15, -0.1) is 0 Å². The van der Waals surface area contributed by atoms with E-state index in [4.69, 9.17) is 9.47 Å². The number of unbranched alkanes of at least 4 members (excludes halogenated alkanes) is 1. The average molecular weight is 447 g/mol. The van der Waals surface area contributed by atoms with Gasteiger partial charge in [0.25, 0.3) is 0 Å². The number of hydrogen-bond acceptors (Lipinski definition) is 3. The summed E-state index contributed by atoms with van der Waals surface area (Å²) in [6.07, 6.45) is 6.77. The summed E-state index contributed by atoms with van der Waals surface area (Å²) in [6.45, 7) is 12.4. The van der Waals surface area contributed by atoms with Crippen LogP contribution in [0.4, 0.5) is 0 Å². The predicted octanol–water partition coefficient (Wildman–Crippen LogP) is 7.60. The van der Waals surface area contributed by atoms with Crippen LogP contribution in [0.25, 0.3) is 5.57 Å². The molecule has 0 unspecified atom stereocenters. The molecule has 1 fully saturated rings. The number of hydrogen-bond donors (Lipinski definition) is 0. The third-order valence-electron chi connectivity index (χ3n) is 7.43. The van der Waals surface area contributed by atoms with Crippen LogP contribution in [0.5, 0.6) is 5.75 Å². The number of fused-ring (bicyclic) bond motifs is 1. The van der Waals surface area contributed by atoms with E-state index in [2.05, 4.69) is 58.9 Å². The Balaban J connectivity index is 1.87. The Morgan fingerprint density at radius 3 is 2.03 bits per heavy atom. The van der Waals surface area contributed by atoms with Crippen molar-refractivity contribution >= 4 is 11.5 Å². The van der Waals surface area contributed by atoms with Gasteiger partial charge in [0.15, 0.2) is 0 Å². The quantitative estimate of drug-likeness (QED) is 0.324. The first-order valence-electron chi connectivity index (χ1n) is 12.4. The fourth-order valence-electron chi connectivity index (χ4n) is 4.99. The lowest BCUT2D eigenvalue weighted by molar-refractivity contribution is 0.0600. The number of benzene rings is 2. The van der Waals surface area contributed by atoms with E-state index >= 15 is 0 Å². The minimum Gasteiger partial charge on any atom is -0.493 e. The van der Waals surface area contributed by atoms with E-state index in [0.29, 0.717) is 5.56 Å². The number of methoxy groups -OCH3 is 1. The van der Waals surface area contributed by atoms with Crippen LogP contribution in [-0.2, 0) is 15.6 Å². The highest BCUT2D eigenvalue weighted by Gasteiger charge is 2.38. The molecule has 0 aliphatic heterocycles. The van der Waals surface area contributed by atoms with E-state index < -0.39 is 0 Å². The molecule has 2 aliphatic rings. The van der Waals surface area contributed by atoms with Gasteiger partial charge in [0.1, 0.15) is 5.75 Å². The first-order chi connectivity index (χ1) is 15.7.